The van der Waals surface area contributed by atoms with Gasteiger partial charge in [0, 0.05) is 5.56 Å². The monoisotopic (exact) mass is 406 g/mol. The summed E-state index contributed by atoms with van der Waals surface area (Å²) in [4.78, 5) is 27.4. The maximum atomic E-state index is 13.4. The summed E-state index contributed by atoms with van der Waals surface area (Å²) in [5.41, 5.74) is 3.21. The lowest BCUT2D eigenvalue weighted by atomic mass is 9.92. The molecule has 29 heavy (non-hydrogen) atoms. The SMILES string of the molecule is Cc1nn(-c2ccccc2)c(Cl)c1CN1C(=O)N[C@@]2(CCc3ccccc32)C1=O. The molecule has 1 aliphatic heterocycles. The van der Waals surface area contributed by atoms with Gasteiger partial charge in [0.25, 0.3) is 5.91 Å². The van der Waals surface area contributed by atoms with Crippen molar-refractivity contribution in [2.24, 2.45) is 0 Å². The largest absolute Gasteiger partial charge is 0.325 e. The van der Waals surface area contributed by atoms with Gasteiger partial charge in [0.05, 0.1) is 17.9 Å². The predicted molar refractivity (Wildman–Crippen MR) is 109 cm³/mol. The zero-order valence-corrected chi connectivity index (χ0v) is 16.6. The molecule has 5 rings (SSSR count). The molecular formula is C22H19ClN4O2. The van der Waals surface area contributed by atoms with E-state index >= 15 is 0 Å². The van der Waals surface area contributed by atoms with Crippen LogP contribution in [0.4, 0.5) is 4.79 Å². The number of aryl methyl sites for hydroxylation is 2. The number of amides is 3. The van der Waals surface area contributed by atoms with E-state index in [2.05, 4.69) is 10.4 Å². The minimum absolute atomic E-state index is 0.0894. The third kappa shape index (κ3) is 2.59. The van der Waals surface area contributed by atoms with Gasteiger partial charge in [-0.1, -0.05) is 54.1 Å². The Morgan fingerprint density at radius 1 is 1.10 bits per heavy atom. The number of para-hydroxylation sites is 1. The summed E-state index contributed by atoms with van der Waals surface area (Å²) in [6.07, 6.45) is 1.34. The number of aromatic nitrogens is 2. The summed E-state index contributed by atoms with van der Waals surface area (Å²) in [6, 6.07) is 16.9. The predicted octanol–water partition coefficient (Wildman–Crippen LogP) is 3.73. The fourth-order valence-electron chi connectivity index (χ4n) is 4.34. The first-order valence-corrected chi connectivity index (χ1v) is 9.91. The maximum Gasteiger partial charge on any atom is 0.325 e. The molecule has 1 N–H and O–H groups in total. The Labute approximate surface area is 173 Å². The van der Waals surface area contributed by atoms with Crippen LogP contribution in [0.25, 0.3) is 5.69 Å². The van der Waals surface area contributed by atoms with Gasteiger partial charge in [0.15, 0.2) is 0 Å². The summed E-state index contributed by atoms with van der Waals surface area (Å²) in [5.74, 6) is -0.227. The van der Waals surface area contributed by atoms with Crippen LogP contribution in [0.2, 0.25) is 5.15 Å². The van der Waals surface area contributed by atoms with Gasteiger partial charge in [0.1, 0.15) is 10.7 Å². The Bertz CT molecular complexity index is 1140. The number of urea groups is 1. The quantitative estimate of drug-likeness (QED) is 0.674. The zero-order chi connectivity index (χ0) is 20.2. The van der Waals surface area contributed by atoms with Crippen LogP contribution in [-0.4, -0.2) is 26.6 Å². The number of nitrogens with zero attached hydrogens (tertiary/aromatic N) is 3. The lowest BCUT2D eigenvalue weighted by Crippen LogP contribution is -2.41. The molecule has 146 valence electrons. The molecule has 0 unspecified atom stereocenters. The van der Waals surface area contributed by atoms with Crippen LogP contribution in [0.1, 0.15) is 28.8 Å². The van der Waals surface area contributed by atoms with Crippen molar-refractivity contribution in [3.05, 3.63) is 82.1 Å². The number of hydrogen-bond acceptors (Lipinski definition) is 3. The number of fused-ring (bicyclic) bond motifs is 2. The highest BCUT2D eigenvalue weighted by atomic mass is 35.5. The van der Waals surface area contributed by atoms with Crippen molar-refractivity contribution >= 4 is 23.5 Å². The van der Waals surface area contributed by atoms with Gasteiger partial charge in [-0.05, 0) is 43.0 Å². The minimum Gasteiger partial charge on any atom is -0.319 e. The molecule has 2 aliphatic rings. The molecular weight excluding hydrogens is 388 g/mol. The van der Waals surface area contributed by atoms with E-state index in [9.17, 15) is 9.59 Å². The minimum atomic E-state index is -0.969. The molecule has 1 aliphatic carbocycles. The second-order valence-corrected chi connectivity index (χ2v) is 7.84. The lowest BCUT2D eigenvalue weighted by Gasteiger charge is -2.22. The summed E-state index contributed by atoms with van der Waals surface area (Å²) in [5, 5.41) is 7.87. The van der Waals surface area contributed by atoms with Crippen LogP contribution in [0.3, 0.4) is 0 Å². The molecule has 2 aromatic carbocycles. The Kier molecular flexibility index (Phi) is 3.99. The molecule has 3 aromatic rings. The van der Waals surface area contributed by atoms with Crippen molar-refractivity contribution in [1.82, 2.24) is 20.0 Å². The molecule has 3 amide bonds. The average molecular weight is 407 g/mol. The number of halogens is 1. The number of nitrogens with one attached hydrogen (secondary N) is 1. The van der Waals surface area contributed by atoms with Gasteiger partial charge in [-0.25, -0.2) is 9.48 Å². The second-order valence-electron chi connectivity index (χ2n) is 7.49. The first-order chi connectivity index (χ1) is 14.0. The number of benzene rings is 2. The maximum absolute atomic E-state index is 13.4. The van der Waals surface area contributed by atoms with Gasteiger partial charge < -0.3 is 5.32 Å². The summed E-state index contributed by atoms with van der Waals surface area (Å²) in [7, 11) is 0. The molecule has 0 radical (unpaired) electrons. The van der Waals surface area contributed by atoms with E-state index in [0.717, 1.165) is 23.2 Å². The lowest BCUT2D eigenvalue weighted by molar-refractivity contribution is -0.132. The van der Waals surface area contributed by atoms with Crippen molar-refractivity contribution in [2.75, 3.05) is 0 Å². The summed E-state index contributed by atoms with van der Waals surface area (Å²) in [6.45, 7) is 1.92. The van der Waals surface area contributed by atoms with Crippen LogP contribution in [0.5, 0.6) is 0 Å². The van der Waals surface area contributed by atoms with E-state index in [1.165, 1.54) is 4.90 Å². The Morgan fingerprint density at radius 2 is 1.83 bits per heavy atom. The Hall–Kier alpha value is -3.12. The topological polar surface area (TPSA) is 67.2 Å². The van der Waals surface area contributed by atoms with Crippen LogP contribution >= 0.6 is 11.6 Å². The van der Waals surface area contributed by atoms with E-state index < -0.39 is 11.6 Å². The first-order valence-electron chi connectivity index (χ1n) is 9.53. The van der Waals surface area contributed by atoms with Gasteiger partial charge >= 0.3 is 6.03 Å². The van der Waals surface area contributed by atoms with Gasteiger partial charge in [-0.2, -0.15) is 5.10 Å². The Balaban J connectivity index is 1.49. The summed E-state index contributed by atoms with van der Waals surface area (Å²) >= 11 is 6.60. The number of carbonyl (C=O) groups is 2. The van der Waals surface area contributed by atoms with Crippen molar-refractivity contribution in [3.8, 4) is 5.69 Å². The molecule has 0 saturated carbocycles. The average Bonchev–Trinajstić information content (AvgIpc) is 3.33. The van der Waals surface area contributed by atoms with E-state index in [1.54, 1.807) is 4.68 Å². The van der Waals surface area contributed by atoms with Crippen molar-refractivity contribution in [1.29, 1.82) is 0 Å². The highest BCUT2D eigenvalue weighted by Gasteiger charge is 2.55. The van der Waals surface area contributed by atoms with E-state index in [1.807, 2.05) is 61.5 Å². The fraction of sp³-hybridized carbons (Fsp3) is 0.227. The highest BCUT2D eigenvalue weighted by Crippen LogP contribution is 2.42. The molecule has 6 nitrogen and oxygen atoms in total. The summed E-state index contributed by atoms with van der Waals surface area (Å²) < 4.78 is 1.63. The third-order valence-electron chi connectivity index (χ3n) is 5.86. The molecule has 0 bridgehead atoms. The molecule has 1 fully saturated rings. The molecule has 7 heteroatoms. The standard InChI is InChI=1S/C22H19ClN4O2/c1-14-17(19(23)27(25-14)16-8-3-2-4-9-16)13-26-20(28)22(24-21(26)29)12-11-15-7-5-6-10-18(15)22/h2-10H,11-13H2,1H3,(H,24,29)/t22-/m1/s1. The van der Waals surface area contributed by atoms with Crippen LogP contribution < -0.4 is 5.32 Å². The Morgan fingerprint density at radius 3 is 2.62 bits per heavy atom. The normalized spacial score (nSPS) is 20.4. The molecule has 1 saturated heterocycles. The number of rotatable bonds is 3. The van der Waals surface area contributed by atoms with Crippen molar-refractivity contribution in [2.45, 2.75) is 31.8 Å². The van der Waals surface area contributed by atoms with E-state index in [0.29, 0.717) is 22.8 Å². The number of imide groups is 1. The fourth-order valence-corrected chi connectivity index (χ4v) is 4.67. The van der Waals surface area contributed by atoms with Crippen LogP contribution in [0, 0.1) is 6.92 Å². The first kappa shape index (κ1) is 17.9. The van der Waals surface area contributed by atoms with Crippen LogP contribution in [0.15, 0.2) is 54.6 Å². The van der Waals surface area contributed by atoms with Gasteiger partial charge in [0.2, 0.25) is 0 Å². The molecule has 1 atom stereocenters. The number of hydrogen-bond donors (Lipinski definition) is 1. The zero-order valence-electron chi connectivity index (χ0n) is 15.9. The molecule has 2 heterocycles. The van der Waals surface area contributed by atoms with E-state index in [-0.39, 0.29) is 12.5 Å². The third-order valence-corrected chi connectivity index (χ3v) is 6.25. The highest BCUT2D eigenvalue weighted by molar-refractivity contribution is 6.30. The van der Waals surface area contributed by atoms with Crippen molar-refractivity contribution in [3.63, 3.8) is 0 Å². The van der Waals surface area contributed by atoms with Gasteiger partial charge in [-0.3, -0.25) is 9.69 Å². The molecule has 1 spiro atoms. The number of carbonyl (C=O) groups excluding carboxylic acids is 2. The van der Waals surface area contributed by atoms with E-state index in [4.69, 9.17) is 11.6 Å². The molecule has 1 aromatic heterocycles. The second kappa shape index (κ2) is 6.46. The van der Waals surface area contributed by atoms with Crippen molar-refractivity contribution < 1.29 is 9.59 Å². The van der Waals surface area contributed by atoms with Gasteiger partial charge in [-0.15, -0.1) is 0 Å². The van der Waals surface area contributed by atoms with Crippen LogP contribution in [-0.2, 0) is 23.3 Å². The smallest absolute Gasteiger partial charge is 0.319 e.